The number of benzene rings is 3. The molecule has 0 aliphatic carbocycles. The van der Waals surface area contributed by atoms with E-state index in [1.807, 2.05) is 31.2 Å². The number of aryl methyl sites for hydroxylation is 3. The zero-order valence-electron chi connectivity index (χ0n) is 23.0. The fourth-order valence-corrected chi connectivity index (χ4v) is 5.54. The molecule has 1 heterocycles. The number of hydrogen-bond donors (Lipinski definition) is 0. The molecule has 5 nitrogen and oxygen atoms in total. The Bertz CT molecular complexity index is 1260. The average Bonchev–Trinajstić information content (AvgIpc) is 2.90. The van der Waals surface area contributed by atoms with Crippen molar-refractivity contribution in [1.82, 2.24) is 9.80 Å². The average molecular weight is 533 g/mol. The second-order valence-corrected chi connectivity index (χ2v) is 10.7. The van der Waals surface area contributed by atoms with Crippen LogP contribution in [0.25, 0.3) is 11.1 Å². The lowest BCUT2D eigenvalue weighted by Crippen LogP contribution is -2.63. The number of likely N-dealkylation sites (N-methyl/N-ethyl adjacent to an activating group) is 1. The minimum Gasteiger partial charge on any atom is -0.496 e. The molecule has 0 aromatic heterocycles. The van der Waals surface area contributed by atoms with E-state index in [0.29, 0.717) is 13.0 Å². The van der Waals surface area contributed by atoms with Crippen LogP contribution in [0.2, 0.25) is 5.02 Å². The van der Waals surface area contributed by atoms with Gasteiger partial charge < -0.3 is 14.5 Å². The molecular formula is C32H37ClN2O3. The smallest absolute Gasteiger partial charge is 0.246 e. The number of hydrogen-bond acceptors (Lipinski definition) is 3. The van der Waals surface area contributed by atoms with E-state index >= 15 is 0 Å². The van der Waals surface area contributed by atoms with Gasteiger partial charge >= 0.3 is 0 Å². The zero-order valence-corrected chi connectivity index (χ0v) is 23.7. The third-order valence-electron chi connectivity index (χ3n) is 7.62. The van der Waals surface area contributed by atoms with E-state index < -0.39 is 12.1 Å². The van der Waals surface area contributed by atoms with Crippen LogP contribution in [0.15, 0.2) is 60.7 Å². The van der Waals surface area contributed by atoms with E-state index in [1.165, 1.54) is 5.56 Å². The molecule has 38 heavy (non-hydrogen) atoms. The van der Waals surface area contributed by atoms with E-state index in [9.17, 15) is 9.59 Å². The third kappa shape index (κ3) is 6.05. The van der Waals surface area contributed by atoms with Gasteiger partial charge in [-0.05, 0) is 97.7 Å². The molecule has 0 radical (unpaired) electrons. The first-order chi connectivity index (χ1) is 18.2. The minimum atomic E-state index is -0.494. The Kier molecular flexibility index (Phi) is 8.78. The molecule has 0 saturated carbocycles. The highest BCUT2D eigenvalue weighted by Gasteiger charge is 2.41. The Morgan fingerprint density at radius 1 is 0.842 bits per heavy atom. The Balaban J connectivity index is 1.41. The highest BCUT2D eigenvalue weighted by atomic mass is 35.5. The van der Waals surface area contributed by atoms with Gasteiger partial charge in [-0.3, -0.25) is 9.59 Å². The van der Waals surface area contributed by atoms with E-state index in [-0.39, 0.29) is 11.8 Å². The Morgan fingerprint density at radius 2 is 1.45 bits per heavy atom. The van der Waals surface area contributed by atoms with Crippen molar-refractivity contribution in [3.63, 3.8) is 0 Å². The van der Waals surface area contributed by atoms with Crippen molar-refractivity contribution < 1.29 is 14.3 Å². The second kappa shape index (κ2) is 12.0. The lowest BCUT2D eigenvalue weighted by Gasteiger charge is -2.42. The van der Waals surface area contributed by atoms with Crippen molar-refractivity contribution in [2.75, 3.05) is 20.7 Å². The van der Waals surface area contributed by atoms with Crippen LogP contribution in [0, 0.1) is 13.8 Å². The normalized spacial score (nSPS) is 17.7. The number of amides is 2. The SMILES string of the molecule is COc1c(C)cc(-c2ccc(CC3C(=O)N(CCCCc4ccc(Cl)cc4)[C@@H](C)C(=O)N3C)cc2)cc1C. The minimum absolute atomic E-state index is 0.00638. The predicted octanol–water partition coefficient (Wildman–Crippen LogP) is 6.26. The summed E-state index contributed by atoms with van der Waals surface area (Å²) in [6.07, 6.45) is 3.21. The second-order valence-electron chi connectivity index (χ2n) is 10.3. The summed E-state index contributed by atoms with van der Waals surface area (Å²) < 4.78 is 5.50. The number of unbranched alkanes of at least 4 members (excludes halogenated alkanes) is 1. The number of nitrogens with zero attached hydrogens (tertiary/aromatic N) is 2. The summed E-state index contributed by atoms with van der Waals surface area (Å²) in [6.45, 7) is 6.52. The Hall–Kier alpha value is -3.31. The number of carbonyl (C=O) groups is 2. The summed E-state index contributed by atoms with van der Waals surface area (Å²) in [4.78, 5) is 30.0. The molecular weight excluding hydrogens is 496 g/mol. The molecule has 6 heteroatoms. The lowest BCUT2D eigenvalue weighted by atomic mass is 9.95. The first-order valence-electron chi connectivity index (χ1n) is 13.3. The summed E-state index contributed by atoms with van der Waals surface area (Å²) in [5.41, 5.74) is 6.70. The van der Waals surface area contributed by atoms with Crippen LogP contribution in [0.4, 0.5) is 0 Å². The monoisotopic (exact) mass is 532 g/mol. The van der Waals surface area contributed by atoms with E-state index in [4.69, 9.17) is 16.3 Å². The van der Waals surface area contributed by atoms with Gasteiger partial charge in [0.15, 0.2) is 0 Å². The van der Waals surface area contributed by atoms with E-state index in [1.54, 1.807) is 24.0 Å². The van der Waals surface area contributed by atoms with E-state index in [2.05, 4.69) is 50.2 Å². The summed E-state index contributed by atoms with van der Waals surface area (Å²) in [5, 5.41) is 0.732. The van der Waals surface area contributed by atoms with Gasteiger partial charge in [0.25, 0.3) is 0 Å². The van der Waals surface area contributed by atoms with Gasteiger partial charge in [0.05, 0.1) is 7.11 Å². The van der Waals surface area contributed by atoms with Crippen LogP contribution in [0.1, 0.15) is 42.0 Å². The number of carbonyl (C=O) groups excluding carboxylic acids is 2. The number of ether oxygens (including phenoxy) is 1. The molecule has 2 atom stereocenters. The Morgan fingerprint density at radius 3 is 2.05 bits per heavy atom. The molecule has 0 N–H and O–H groups in total. The van der Waals surface area contributed by atoms with Crippen molar-refractivity contribution in [3.05, 3.63) is 87.9 Å². The molecule has 1 saturated heterocycles. The van der Waals surface area contributed by atoms with Gasteiger partial charge in [-0.2, -0.15) is 0 Å². The maximum atomic E-state index is 13.5. The largest absolute Gasteiger partial charge is 0.496 e. The van der Waals surface area contributed by atoms with Crippen molar-refractivity contribution in [2.45, 2.75) is 58.5 Å². The van der Waals surface area contributed by atoms with Crippen LogP contribution in [0.3, 0.4) is 0 Å². The highest BCUT2D eigenvalue weighted by Crippen LogP contribution is 2.30. The number of rotatable bonds is 9. The maximum absolute atomic E-state index is 13.5. The molecule has 0 spiro atoms. The topological polar surface area (TPSA) is 49.9 Å². The zero-order chi connectivity index (χ0) is 27.4. The van der Waals surface area contributed by atoms with Gasteiger partial charge in [-0.15, -0.1) is 0 Å². The molecule has 1 aliphatic rings. The molecule has 3 aromatic rings. The first-order valence-corrected chi connectivity index (χ1v) is 13.6. The van der Waals surface area contributed by atoms with Crippen molar-refractivity contribution in [3.8, 4) is 16.9 Å². The molecule has 2 amide bonds. The fraction of sp³-hybridized carbons (Fsp3) is 0.375. The molecule has 200 valence electrons. The summed E-state index contributed by atoms with van der Waals surface area (Å²) in [6, 6.07) is 19.5. The number of piperazine rings is 1. The van der Waals surface area contributed by atoms with Gasteiger partial charge in [0, 0.05) is 25.0 Å². The maximum Gasteiger partial charge on any atom is 0.246 e. The quantitative estimate of drug-likeness (QED) is 0.306. The van der Waals surface area contributed by atoms with Crippen LogP contribution in [-0.2, 0) is 22.4 Å². The van der Waals surface area contributed by atoms with Crippen molar-refractivity contribution in [2.24, 2.45) is 0 Å². The van der Waals surface area contributed by atoms with Crippen molar-refractivity contribution in [1.29, 1.82) is 0 Å². The number of halogens is 1. The molecule has 0 bridgehead atoms. The van der Waals surface area contributed by atoms with Gasteiger partial charge in [-0.1, -0.05) is 48.0 Å². The molecule has 3 aromatic carbocycles. The number of methoxy groups -OCH3 is 1. The lowest BCUT2D eigenvalue weighted by molar-refractivity contribution is -0.159. The summed E-state index contributed by atoms with van der Waals surface area (Å²) in [7, 11) is 3.44. The van der Waals surface area contributed by atoms with Crippen LogP contribution < -0.4 is 4.74 Å². The molecule has 1 fully saturated rings. The van der Waals surface area contributed by atoms with E-state index in [0.717, 1.165) is 57.9 Å². The van der Waals surface area contributed by atoms with Crippen molar-refractivity contribution >= 4 is 23.4 Å². The van der Waals surface area contributed by atoms with Gasteiger partial charge in [-0.25, -0.2) is 0 Å². The van der Waals surface area contributed by atoms with Gasteiger partial charge in [0.2, 0.25) is 11.8 Å². The molecule has 1 unspecified atom stereocenters. The predicted molar refractivity (Wildman–Crippen MR) is 154 cm³/mol. The fourth-order valence-electron chi connectivity index (χ4n) is 5.42. The summed E-state index contributed by atoms with van der Waals surface area (Å²) >= 11 is 5.98. The highest BCUT2D eigenvalue weighted by molar-refractivity contribution is 6.30. The van der Waals surface area contributed by atoms with Crippen LogP contribution in [0.5, 0.6) is 5.75 Å². The van der Waals surface area contributed by atoms with Crippen LogP contribution in [-0.4, -0.2) is 54.4 Å². The standard InChI is InChI=1S/C32H37ClN2O3/c1-21-18-27(19-22(2)30(21)38-5)26-13-9-25(10-14-26)20-29-32(37)35(23(3)31(36)34(29)4)17-7-6-8-24-11-15-28(33)16-12-24/h9-16,18-19,23,29H,6-8,17,20H2,1-5H3/t23-,29?/m0/s1. The van der Waals surface area contributed by atoms with Crippen LogP contribution >= 0.6 is 11.6 Å². The van der Waals surface area contributed by atoms with Gasteiger partial charge in [0.1, 0.15) is 17.8 Å². The Labute approximate surface area is 231 Å². The summed E-state index contributed by atoms with van der Waals surface area (Å²) in [5.74, 6) is 0.933. The third-order valence-corrected chi connectivity index (χ3v) is 7.87. The molecule has 1 aliphatic heterocycles. The molecule has 4 rings (SSSR count). The first kappa shape index (κ1) is 27.7.